The Morgan fingerprint density at radius 3 is 2.38 bits per heavy atom. The summed E-state index contributed by atoms with van der Waals surface area (Å²) in [6.07, 6.45) is 3.88. The van der Waals surface area contributed by atoms with Crippen molar-refractivity contribution >= 4 is 38.9 Å². The number of hydrogen-bond acceptors (Lipinski definition) is 4. The van der Waals surface area contributed by atoms with Crippen molar-refractivity contribution in [2.45, 2.75) is 6.92 Å². The summed E-state index contributed by atoms with van der Waals surface area (Å²) in [6.45, 7) is 1.51. The van der Waals surface area contributed by atoms with Crippen molar-refractivity contribution in [2.24, 2.45) is 0 Å². The van der Waals surface area contributed by atoms with Crippen molar-refractivity contribution in [3.05, 3.63) is 78.1 Å². The lowest BCUT2D eigenvalue weighted by Gasteiger charge is -2.06. The maximum absolute atomic E-state index is 12.5. The van der Waals surface area contributed by atoms with Gasteiger partial charge in [0.05, 0.1) is 10.2 Å². The molecule has 128 valence electrons. The van der Waals surface area contributed by atoms with E-state index in [2.05, 4.69) is 10.3 Å². The Labute approximate surface area is 153 Å². The van der Waals surface area contributed by atoms with Gasteiger partial charge in [-0.05, 0) is 61.5 Å². The Hall–Kier alpha value is -3.25. The van der Waals surface area contributed by atoms with E-state index in [1.807, 2.05) is 41.2 Å². The Morgan fingerprint density at radius 2 is 1.69 bits per heavy atom. The summed E-state index contributed by atoms with van der Waals surface area (Å²) in [4.78, 5) is 28.4. The topological polar surface area (TPSA) is 64.0 Å². The highest BCUT2D eigenvalue weighted by atomic mass is 32.1. The standard InChI is InChI=1S/C20H15N3O2S/c1-13(24)14-4-7-16(8-5-14)21-19(25)15-6-9-17-18(12-15)26-20(22-17)23-10-2-3-11-23/h2-12H,1H3,(H,21,25). The average molecular weight is 361 g/mol. The number of rotatable bonds is 4. The zero-order chi connectivity index (χ0) is 18.1. The molecule has 2 aromatic heterocycles. The number of carbonyl (C=O) groups is 2. The second-order valence-electron chi connectivity index (χ2n) is 5.86. The van der Waals surface area contributed by atoms with Crippen LogP contribution in [0.2, 0.25) is 0 Å². The van der Waals surface area contributed by atoms with Crippen molar-refractivity contribution in [2.75, 3.05) is 5.32 Å². The maximum Gasteiger partial charge on any atom is 0.255 e. The molecule has 0 fully saturated rings. The number of amides is 1. The number of anilines is 1. The molecule has 2 aromatic carbocycles. The van der Waals surface area contributed by atoms with Crippen LogP contribution in [0.15, 0.2) is 67.0 Å². The molecule has 0 atom stereocenters. The number of aromatic nitrogens is 2. The molecule has 1 N–H and O–H groups in total. The lowest BCUT2D eigenvalue weighted by atomic mass is 10.1. The van der Waals surface area contributed by atoms with E-state index in [0.29, 0.717) is 16.8 Å². The molecule has 0 aliphatic rings. The molecule has 5 nitrogen and oxygen atoms in total. The summed E-state index contributed by atoms with van der Waals surface area (Å²) in [6, 6.07) is 16.2. The van der Waals surface area contributed by atoms with Gasteiger partial charge in [0.25, 0.3) is 5.91 Å². The number of benzene rings is 2. The van der Waals surface area contributed by atoms with E-state index < -0.39 is 0 Å². The number of fused-ring (bicyclic) bond motifs is 1. The second-order valence-corrected chi connectivity index (χ2v) is 6.87. The van der Waals surface area contributed by atoms with Crippen LogP contribution in [-0.2, 0) is 0 Å². The molecule has 0 aliphatic heterocycles. The van der Waals surface area contributed by atoms with Gasteiger partial charge in [0, 0.05) is 29.2 Å². The molecule has 0 spiro atoms. The van der Waals surface area contributed by atoms with Crippen LogP contribution < -0.4 is 5.32 Å². The first kappa shape index (κ1) is 16.2. The van der Waals surface area contributed by atoms with Gasteiger partial charge in [-0.25, -0.2) is 4.98 Å². The Bertz CT molecular complexity index is 1100. The highest BCUT2D eigenvalue weighted by Crippen LogP contribution is 2.26. The molecule has 2 heterocycles. The molecule has 0 saturated heterocycles. The molecule has 0 bridgehead atoms. The fourth-order valence-electron chi connectivity index (χ4n) is 2.62. The van der Waals surface area contributed by atoms with Crippen LogP contribution in [-0.4, -0.2) is 21.2 Å². The van der Waals surface area contributed by atoms with Gasteiger partial charge in [-0.2, -0.15) is 0 Å². The third-order valence-electron chi connectivity index (χ3n) is 4.01. The summed E-state index contributed by atoms with van der Waals surface area (Å²) in [5, 5.41) is 3.72. The minimum atomic E-state index is -0.196. The molecule has 4 rings (SSSR count). The number of hydrogen-bond donors (Lipinski definition) is 1. The third kappa shape index (κ3) is 3.14. The number of nitrogens with zero attached hydrogens (tertiary/aromatic N) is 2. The highest BCUT2D eigenvalue weighted by Gasteiger charge is 2.11. The number of nitrogens with one attached hydrogen (secondary N) is 1. The van der Waals surface area contributed by atoms with Gasteiger partial charge in [0.1, 0.15) is 0 Å². The Balaban J connectivity index is 1.57. The van der Waals surface area contributed by atoms with Gasteiger partial charge in [-0.1, -0.05) is 11.3 Å². The number of ketones is 1. The van der Waals surface area contributed by atoms with Crippen LogP contribution in [0.1, 0.15) is 27.6 Å². The van der Waals surface area contributed by atoms with E-state index in [4.69, 9.17) is 0 Å². The molecule has 1 amide bonds. The second kappa shape index (κ2) is 6.57. The zero-order valence-electron chi connectivity index (χ0n) is 14.0. The van der Waals surface area contributed by atoms with E-state index in [-0.39, 0.29) is 11.7 Å². The van der Waals surface area contributed by atoms with Gasteiger partial charge in [0.2, 0.25) is 0 Å². The zero-order valence-corrected chi connectivity index (χ0v) is 14.8. The van der Waals surface area contributed by atoms with Crippen molar-refractivity contribution in [3.63, 3.8) is 0 Å². The molecule has 6 heteroatoms. The van der Waals surface area contributed by atoms with Crippen LogP contribution in [0.25, 0.3) is 15.3 Å². The van der Waals surface area contributed by atoms with E-state index in [1.165, 1.54) is 18.3 Å². The SMILES string of the molecule is CC(=O)c1ccc(NC(=O)c2ccc3nc(-n4cccc4)sc3c2)cc1. The van der Waals surface area contributed by atoms with E-state index in [9.17, 15) is 9.59 Å². The monoisotopic (exact) mass is 361 g/mol. The summed E-state index contributed by atoms with van der Waals surface area (Å²) in [7, 11) is 0. The van der Waals surface area contributed by atoms with Crippen molar-refractivity contribution < 1.29 is 9.59 Å². The first-order chi connectivity index (χ1) is 12.6. The first-order valence-corrected chi connectivity index (χ1v) is 8.88. The quantitative estimate of drug-likeness (QED) is 0.543. The number of Topliss-reactive ketones (excluding diaryl/α,β-unsaturated/α-hetero) is 1. The average Bonchev–Trinajstić information content (AvgIpc) is 3.30. The summed E-state index contributed by atoms with van der Waals surface area (Å²) in [5.41, 5.74) is 2.70. The number of carbonyl (C=O) groups excluding carboxylic acids is 2. The number of thiazole rings is 1. The largest absolute Gasteiger partial charge is 0.322 e. The van der Waals surface area contributed by atoms with Crippen molar-refractivity contribution in [3.8, 4) is 5.13 Å². The molecular weight excluding hydrogens is 346 g/mol. The van der Waals surface area contributed by atoms with E-state index >= 15 is 0 Å². The van der Waals surface area contributed by atoms with Crippen LogP contribution >= 0.6 is 11.3 Å². The van der Waals surface area contributed by atoms with Gasteiger partial charge >= 0.3 is 0 Å². The smallest absolute Gasteiger partial charge is 0.255 e. The van der Waals surface area contributed by atoms with Gasteiger partial charge in [-0.3, -0.25) is 9.59 Å². The normalized spacial score (nSPS) is 10.8. The fraction of sp³-hybridized carbons (Fsp3) is 0.0500. The molecule has 0 aliphatic carbocycles. The van der Waals surface area contributed by atoms with Crippen molar-refractivity contribution in [1.82, 2.24) is 9.55 Å². The van der Waals surface area contributed by atoms with Gasteiger partial charge < -0.3 is 9.88 Å². The summed E-state index contributed by atoms with van der Waals surface area (Å²) < 4.78 is 2.90. The maximum atomic E-state index is 12.5. The molecule has 0 radical (unpaired) electrons. The lowest BCUT2D eigenvalue weighted by Crippen LogP contribution is -2.11. The van der Waals surface area contributed by atoms with E-state index in [1.54, 1.807) is 30.3 Å². The summed E-state index contributed by atoms with van der Waals surface area (Å²) in [5.74, 6) is -0.199. The highest BCUT2D eigenvalue weighted by molar-refractivity contribution is 7.20. The molecule has 0 unspecified atom stereocenters. The van der Waals surface area contributed by atoms with Crippen LogP contribution in [0.4, 0.5) is 5.69 Å². The first-order valence-electron chi connectivity index (χ1n) is 8.06. The predicted molar refractivity (Wildman–Crippen MR) is 103 cm³/mol. The molecule has 0 saturated carbocycles. The molecule has 4 aromatic rings. The minimum absolute atomic E-state index is 0.00276. The van der Waals surface area contributed by atoms with Crippen molar-refractivity contribution in [1.29, 1.82) is 0 Å². The van der Waals surface area contributed by atoms with Crippen LogP contribution in [0, 0.1) is 0 Å². The summed E-state index contributed by atoms with van der Waals surface area (Å²) >= 11 is 1.53. The minimum Gasteiger partial charge on any atom is -0.322 e. The van der Waals surface area contributed by atoms with Gasteiger partial charge in [0.15, 0.2) is 10.9 Å². The van der Waals surface area contributed by atoms with Gasteiger partial charge in [-0.15, -0.1) is 0 Å². The molecular formula is C20H15N3O2S. The van der Waals surface area contributed by atoms with Crippen LogP contribution in [0.5, 0.6) is 0 Å². The Morgan fingerprint density at radius 1 is 1.00 bits per heavy atom. The van der Waals surface area contributed by atoms with Crippen LogP contribution in [0.3, 0.4) is 0 Å². The lowest BCUT2D eigenvalue weighted by molar-refractivity contribution is 0.101. The Kier molecular flexibility index (Phi) is 4.10. The predicted octanol–water partition coefficient (Wildman–Crippen LogP) is 4.54. The van der Waals surface area contributed by atoms with E-state index in [0.717, 1.165) is 15.3 Å². The third-order valence-corrected chi connectivity index (χ3v) is 5.05. The fourth-order valence-corrected chi connectivity index (χ4v) is 3.59. The molecule has 26 heavy (non-hydrogen) atoms.